The summed E-state index contributed by atoms with van der Waals surface area (Å²) in [7, 11) is 2.25. The number of primary amides is 1. The molecule has 7 heteroatoms. The summed E-state index contributed by atoms with van der Waals surface area (Å²) in [6, 6.07) is 20.5. The Morgan fingerprint density at radius 1 is 0.974 bits per heavy atom. The lowest BCUT2D eigenvalue weighted by atomic mass is 9.76. The van der Waals surface area contributed by atoms with Gasteiger partial charge in [-0.05, 0) is 43.0 Å². The Morgan fingerprint density at radius 2 is 1.74 bits per heavy atom. The monoisotopic (exact) mass is 509 g/mol. The lowest BCUT2D eigenvalue weighted by molar-refractivity contribution is 0.0998. The highest BCUT2D eigenvalue weighted by Crippen LogP contribution is 2.47. The van der Waals surface area contributed by atoms with Gasteiger partial charge in [-0.3, -0.25) is 9.28 Å². The average molecular weight is 510 g/mol. The Bertz CT molecular complexity index is 1530. The van der Waals surface area contributed by atoms with E-state index >= 15 is 0 Å². The third-order valence-electron chi connectivity index (χ3n) is 8.57. The zero-order valence-corrected chi connectivity index (χ0v) is 22.2. The Hall–Kier alpha value is -3.97. The van der Waals surface area contributed by atoms with Crippen LogP contribution in [0.4, 0.5) is 5.69 Å². The molecular formula is C31H33N4O3+. The van der Waals surface area contributed by atoms with Crippen LogP contribution in [0.25, 0.3) is 22.5 Å². The number of carbonyl (C=O) groups excluding carboxylic acids is 1. The van der Waals surface area contributed by atoms with Gasteiger partial charge >= 0.3 is 0 Å². The quantitative estimate of drug-likeness (QED) is 0.363. The van der Waals surface area contributed by atoms with Crippen LogP contribution in [0, 0.1) is 13.8 Å². The van der Waals surface area contributed by atoms with Gasteiger partial charge < -0.3 is 15.0 Å². The summed E-state index contributed by atoms with van der Waals surface area (Å²) >= 11 is 0. The number of quaternary nitrogens is 1. The number of rotatable bonds is 4. The van der Waals surface area contributed by atoms with E-state index in [0.29, 0.717) is 21.8 Å². The maximum absolute atomic E-state index is 12.7. The van der Waals surface area contributed by atoms with Gasteiger partial charge in [0, 0.05) is 35.4 Å². The Morgan fingerprint density at radius 3 is 2.47 bits per heavy atom. The number of para-hydroxylation sites is 1. The van der Waals surface area contributed by atoms with Gasteiger partial charge in [0.15, 0.2) is 0 Å². The van der Waals surface area contributed by atoms with Crippen LogP contribution < -0.4 is 15.0 Å². The molecule has 0 bridgehead atoms. The largest absolute Gasteiger partial charge is 0.492 e. The van der Waals surface area contributed by atoms with E-state index in [-0.39, 0.29) is 11.3 Å². The first-order chi connectivity index (χ1) is 18.3. The van der Waals surface area contributed by atoms with Gasteiger partial charge in [0.25, 0.3) is 5.91 Å². The van der Waals surface area contributed by atoms with Crippen LogP contribution in [0.2, 0.25) is 0 Å². The Labute approximate surface area is 222 Å². The van der Waals surface area contributed by atoms with Crippen molar-refractivity contribution in [3.63, 3.8) is 0 Å². The number of likely N-dealkylation sites (tertiary alicyclic amines) is 1. The van der Waals surface area contributed by atoms with E-state index < -0.39 is 0 Å². The Balaban J connectivity index is 1.37. The maximum Gasteiger partial charge on any atom is 0.254 e. The van der Waals surface area contributed by atoms with Gasteiger partial charge in [-0.1, -0.05) is 53.7 Å². The minimum Gasteiger partial charge on any atom is -0.492 e. The van der Waals surface area contributed by atoms with E-state index in [1.807, 2.05) is 30.3 Å². The molecule has 2 aliphatic rings. The van der Waals surface area contributed by atoms with Crippen LogP contribution in [0.1, 0.15) is 46.6 Å². The summed E-state index contributed by atoms with van der Waals surface area (Å²) < 4.78 is 11.9. The van der Waals surface area contributed by atoms with Crippen molar-refractivity contribution in [3.05, 3.63) is 83.2 Å². The van der Waals surface area contributed by atoms with E-state index in [4.69, 9.17) is 15.0 Å². The molecule has 6 rings (SSSR count). The molecule has 38 heavy (non-hydrogen) atoms. The number of hydrogen-bond acceptors (Lipinski definition) is 5. The first-order valence-corrected chi connectivity index (χ1v) is 13.2. The summed E-state index contributed by atoms with van der Waals surface area (Å²) in [5, 5.41) is 4.03. The molecule has 2 unspecified atom stereocenters. The van der Waals surface area contributed by atoms with E-state index in [1.165, 1.54) is 5.56 Å². The fourth-order valence-electron chi connectivity index (χ4n) is 6.55. The van der Waals surface area contributed by atoms with Gasteiger partial charge in [-0.2, -0.15) is 4.98 Å². The van der Waals surface area contributed by atoms with Crippen molar-refractivity contribution in [2.45, 2.75) is 38.5 Å². The summed E-state index contributed by atoms with van der Waals surface area (Å²) in [6.45, 7) is 6.46. The molecule has 2 aliphatic heterocycles. The van der Waals surface area contributed by atoms with Crippen LogP contribution in [0.5, 0.6) is 5.75 Å². The molecule has 7 nitrogen and oxygen atoms in total. The van der Waals surface area contributed by atoms with Crippen LogP contribution in [-0.2, 0) is 5.41 Å². The highest BCUT2D eigenvalue weighted by Gasteiger charge is 2.46. The molecule has 2 atom stereocenters. The van der Waals surface area contributed by atoms with Crippen LogP contribution in [-0.4, -0.2) is 42.8 Å². The van der Waals surface area contributed by atoms with E-state index in [0.717, 1.165) is 72.6 Å². The number of aryl methyl sites for hydroxylation is 1. The highest BCUT2D eigenvalue weighted by molar-refractivity contribution is 6.00. The van der Waals surface area contributed by atoms with Gasteiger partial charge in [-0.25, -0.2) is 0 Å². The molecule has 3 aromatic carbocycles. The molecule has 0 saturated carbocycles. The molecule has 4 aromatic rings. The van der Waals surface area contributed by atoms with Crippen molar-refractivity contribution in [3.8, 4) is 28.3 Å². The van der Waals surface area contributed by atoms with E-state index in [9.17, 15) is 4.79 Å². The van der Waals surface area contributed by atoms with E-state index in [2.05, 4.69) is 54.4 Å². The molecule has 1 amide bonds. The van der Waals surface area contributed by atoms with Crippen molar-refractivity contribution in [1.29, 1.82) is 0 Å². The van der Waals surface area contributed by atoms with Gasteiger partial charge in [-0.15, -0.1) is 0 Å². The second-order valence-electron chi connectivity index (χ2n) is 11.0. The summed E-state index contributed by atoms with van der Waals surface area (Å²) in [4.78, 5) is 17.0. The van der Waals surface area contributed by atoms with Crippen LogP contribution in [0.15, 0.2) is 65.2 Å². The Kier molecular flexibility index (Phi) is 5.83. The van der Waals surface area contributed by atoms with Crippen LogP contribution in [0.3, 0.4) is 0 Å². The standard InChI is InChI=1S/C31H32N4O3/c1-20-24(22-9-11-23(12-10-22)30-33-21(2)38-34-30)13-14-25(29(32)36)28(20)35(3)17-6-15-31(16-18-35)19-37-27-8-5-4-7-26(27)31/h4-5,7-14H,6,15-19H2,1-3H3,(H-,32,36)/p+1. The smallest absolute Gasteiger partial charge is 0.254 e. The number of ether oxygens (including phenoxy) is 1. The third-order valence-corrected chi connectivity index (χ3v) is 8.57. The molecular weight excluding hydrogens is 476 g/mol. The zero-order valence-electron chi connectivity index (χ0n) is 22.2. The predicted octanol–water partition coefficient (Wildman–Crippen LogP) is 5.57. The number of aromatic nitrogens is 2. The first-order valence-electron chi connectivity index (χ1n) is 13.2. The second-order valence-corrected chi connectivity index (χ2v) is 11.0. The minimum atomic E-state index is -0.384. The lowest BCUT2D eigenvalue weighted by Crippen LogP contribution is -2.48. The number of hydrogen-bond donors (Lipinski definition) is 1. The summed E-state index contributed by atoms with van der Waals surface area (Å²) in [6.07, 6.45) is 3.09. The molecule has 1 saturated heterocycles. The number of nitrogens with zero attached hydrogens (tertiary/aromatic N) is 3. The van der Waals surface area contributed by atoms with Crippen molar-refractivity contribution < 1.29 is 14.1 Å². The molecule has 1 aromatic heterocycles. The fraction of sp³-hybridized carbons (Fsp3) is 0.323. The van der Waals surface area contributed by atoms with Crippen molar-refractivity contribution >= 4 is 11.6 Å². The van der Waals surface area contributed by atoms with Gasteiger partial charge in [0.2, 0.25) is 11.7 Å². The number of fused-ring (bicyclic) bond motifs is 2. The second kappa shape index (κ2) is 9.10. The zero-order chi connectivity index (χ0) is 26.5. The lowest BCUT2D eigenvalue weighted by Gasteiger charge is -2.36. The van der Waals surface area contributed by atoms with Crippen LogP contribution >= 0.6 is 0 Å². The van der Waals surface area contributed by atoms with Gasteiger partial charge in [0.1, 0.15) is 17.0 Å². The van der Waals surface area contributed by atoms with Crippen molar-refractivity contribution in [2.75, 3.05) is 26.7 Å². The minimum absolute atomic E-state index is 0.0222. The van der Waals surface area contributed by atoms with Crippen molar-refractivity contribution in [2.24, 2.45) is 5.73 Å². The molecule has 3 heterocycles. The first kappa shape index (κ1) is 24.4. The van der Waals surface area contributed by atoms with Crippen molar-refractivity contribution in [1.82, 2.24) is 14.6 Å². The normalized spacial score (nSPS) is 22.6. The maximum atomic E-state index is 12.7. The molecule has 1 spiro atoms. The SMILES string of the molecule is Cc1nc(-c2ccc(-c3ccc(C(N)=O)c([N+]4(C)CCCC5(CC4)COc4ccccc45)c3C)cc2)no1. The summed E-state index contributed by atoms with van der Waals surface area (Å²) in [5.74, 6) is 1.74. The molecule has 0 aliphatic carbocycles. The molecule has 1 fully saturated rings. The number of nitrogens with two attached hydrogens (primary N) is 1. The summed E-state index contributed by atoms with van der Waals surface area (Å²) in [5.41, 5.74) is 13.1. The average Bonchev–Trinajstić information content (AvgIpc) is 3.46. The number of amides is 1. The topological polar surface area (TPSA) is 91.2 Å². The number of benzene rings is 3. The number of carbonyl (C=O) groups is 1. The van der Waals surface area contributed by atoms with Gasteiger partial charge in [0.05, 0.1) is 26.7 Å². The third kappa shape index (κ3) is 3.98. The molecule has 194 valence electrons. The highest BCUT2D eigenvalue weighted by atomic mass is 16.5. The molecule has 2 N–H and O–H groups in total. The van der Waals surface area contributed by atoms with E-state index in [1.54, 1.807) is 6.92 Å². The predicted molar refractivity (Wildman–Crippen MR) is 148 cm³/mol. The fourth-order valence-corrected chi connectivity index (χ4v) is 6.55. The molecule has 0 radical (unpaired) electrons.